The number of aliphatic hydroxyl groups is 1. The monoisotopic (exact) mass is 258 g/mol. The second kappa shape index (κ2) is 7.02. The van der Waals surface area contributed by atoms with E-state index in [0.29, 0.717) is 5.92 Å². The summed E-state index contributed by atoms with van der Waals surface area (Å²) in [6.45, 7) is 7.33. The highest BCUT2D eigenvalue weighted by Crippen LogP contribution is 2.25. The smallest absolute Gasteiger partial charge is 0.0849 e. The Balaban J connectivity index is 2.91. The second-order valence-electron chi connectivity index (χ2n) is 4.42. The molecule has 1 N–H and O–H groups in total. The number of hydrogen-bond acceptors (Lipinski definition) is 2. The lowest BCUT2D eigenvalue weighted by Crippen LogP contribution is -2.13. The lowest BCUT2D eigenvalue weighted by atomic mass is 9.98. The number of aromatic nitrogens is 2. The van der Waals surface area contributed by atoms with Gasteiger partial charge in [0.1, 0.15) is 0 Å². The summed E-state index contributed by atoms with van der Waals surface area (Å²) in [6.07, 6.45) is 3.80. The Kier molecular flexibility index (Phi) is 6.00. The molecule has 0 aliphatic carbocycles. The predicted molar refractivity (Wildman–Crippen MR) is 71.5 cm³/mol. The first-order valence-electron chi connectivity index (χ1n) is 6.52. The van der Waals surface area contributed by atoms with E-state index in [0.717, 1.165) is 48.6 Å². The minimum Gasteiger partial charge on any atom is -0.396 e. The minimum absolute atomic E-state index is 0.223. The first-order valence-corrected chi connectivity index (χ1v) is 6.90. The molecule has 1 unspecified atom stereocenters. The van der Waals surface area contributed by atoms with Crippen LogP contribution in [0.25, 0.3) is 0 Å². The van der Waals surface area contributed by atoms with Crippen LogP contribution in [0.2, 0.25) is 5.02 Å². The maximum absolute atomic E-state index is 9.36. The summed E-state index contributed by atoms with van der Waals surface area (Å²) in [5.74, 6) is 0.296. The molecule has 0 aliphatic heterocycles. The van der Waals surface area contributed by atoms with Crippen LogP contribution >= 0.6 is 11.6 Å². The van der Waals surface area contributed by atoms with Gasteiger partial charge in [-0.2, -0.15) is 5.10 Å². The Labute approximate surface area is 109 Å². The van der Waals surface area contributed by atoms with Crippen LogP contribution in [0.5, 0.6) is 0 Å². The van der Waals surface area contributed by atoms with Crippen molar-refractivity contribution in [1.82, 2.24) is 9.78 Å². The highest BCUT2D eigenvalue weighted by molar-refractivity contribution is 6.31. The summed E-state index contributed by atoms with van der Waals surface area (Å²) in [6, 6.07) is 0. The van der Waals surface area contributed by atoms with Gasteiger partial charge < -0.3 is 5.11 Å². The summed E-state index contributed by atoms with van der Waals surface area (Å²) >= 11 is 6.34. The number of aliphatic hydroxyl groups excluding tert-OH is 1. The summed E-state index contributed by atoms with van der Waals surface area (Å²) < 4.78 is 1.97. The van der Waals surface area contributed by atoms with Crippen LogP contribution in [0.4, 0.5) is 0 Å². The molecule has 0 spiro atoms. The largest absolute Gasteiger partial charge is 0.396 e. The number of rotatable bonds is 7. The Morgan fingerprint density at radius 1 is 1.35 bits per heavy atom. The molecule has 3 nitrogen and oxygen atoms in total. The van der Waals surface area contributed by atoms with Gasteiger partial charge in [-0.05, 0) is 32.1 Å². The van der Waals surface area contributed by atoms with Crippen molar-refractivity contribution in [3.05, 3.63) is 16.4 Å². The van der Waals surface area contributed by atoms with Crippen molar-refractivity contribution < 1.29 is 5.11 Å². The zero-order chi connectivity index (χ0) is 12.8. The third-order valence-corrected chi connectivity index (χ3v) is 3.57. The highest BCUT2D eigenvalue weighted by atomic mass is 35.5. The molecule has 0 bridgehead atoms. The van der Waals surface area contributed by atoms with Gasteiger partial charge in [-0.1, -0.05) is 31.9 Å². The zero-order valence-electron chi connectivity index (χ0n) is 11.0. The highest BCUT2D eigenvalue weighted by Gasteiger charge is 2.18. The molecule has 17 heavy (non-hydrogen) atoms. The van der Waals surface area contributed by atoms with Gasteiger partial charge in [0, 0.05) is 13.2 Å². The molecule has 0 radical (unpaired) electrons. The summed E-state index contributed by atoms with van der Waals surface area (Å²) in [5, 5.41) is 14.7. The third kappa shape index (κ3) is 3.46. The van der Waals surface area contributed by atoms with Crippen molar-refractivity contribution in [2.45, 2.75) is 53.0 Å². The molecule has 98 valence electrons. The maximum atomic E-state index is 9.36. The number of nitrogens with zero attached hydrogens (tertiary/aromatic N) is 2. The maximum Gasteiger partial charge on any atom is 0.0849 e. The molecule has 0 aromatic carbocycles. The summed E-state index contributed by atoms with van der Waals surface area (Å²) in [7, 11) is 0. The molecule has 0 amide bonds. The first-order chi connectivity index (χ1) is 8.17. The van der Waals surface area contributed by atoms with Crippen molar-refractivity contribution in [3.8, 4) is 0 Å². The summed E-state index contributed by atoms with van der Waals surface area (Å²) in [4.78, 5) is 0. The van der Waals surface area contributed by atoms with Crippen LogP contribution in [0.3, 0.4) is 0 Å². The minimum atomic E-state index is 0.223. The fourth-order valence-electron chi connectivity index (χ4n) is 2.15. The van der Waals surface area contributed by atoms with E-state index in [1.807, 2.05) is 4.68 Å². The topological polar surface area (TPSA) is 38.1 Å². The summed E-state index contributed by atoms with van der Waals surface area (Å²) in [5.41, 5.74) is 2.05. The van der Waals surface area contributed by atoms with Crippen LogP contribution in [-0.2, 0) is 19.4 Å². The average Bonchev–Trinajstić information content (AvgIpc) is 2.65. The Hall–Kier alpha value is -0.540. The van der Waals surface area contributed by atoms with Crippen LogP contribution < -0.4 is 0 Å². The molecule has 1 aromatic rings. The Morgan fingerprint density at radius 2 is 2.06 bits per heavy atom. The van der Waals surface area contributed by atoms with Crippen molar-refractivity contribution in [1.29, 1.82) is 0 Å². The molecule has 1 rings (SSSR count). The first kappa shape index (κ1) is 14.5. The molecule has 0 saturated carbocycles. The lowest BCUT2D eigenvalue weighted by Gasteiger charge is -2.14. The molecule has 0 aliphatic rings. The third-order valence-electron chi connectivity index (χ3n) is 3.13. The van der Waals surface area contributed by atoms with E-state index in [9.17, 15) is 5.11 Å². The molecule has 4 heteroatoms. The molecule has 0 fully saturated rings. The van der Waals surface area contributed by atoms with Gasteiger partial charge in [-0.15, -0.1) is 0 Å². The number of halogens is 1. The van der Waals surface area contributed by atoms with Gasteiger partial charge in [0.2, 0.25) is 0 Å². The standard InChI is InChI=1S/C13H23ClN2O/c1-4-7-10(9-17)8-12-13(14)11(5-2)15-16(12)6-3/h10,17H,4-9H2,1-3H3. The predicted octanol–water partition coefficient (Wildman–Crippen LogP) is 3.07. The molecular weight excluding hydrogens is 236 g/mol. The Bertz CT molecular complexity index is 349. The van der Waals surface area contributed by atoms with Gasteiger partial charge in [-0.3, -0.25) is 4.68 Å². The van der Waals surface area contributed by atoms with E-state index in [1.165, 1.54) is 0 Å². The second-order valence-corrected chi connectivity index (χ2v) is 4.80. The molecule has 1 heterocycles. The van der Waals surface area contributed by atoms with E-state index < -0.39 is 0 Å². The SMILES string of the molecule is CCCC(CO)Cc1c(Cl)c(CC)nn1CC. The van der Waals surface area contributed by atoms with Gasteiger partial charge in [0.05, 0.1) is 16.4 Å². The van der Waals surface area contributed by atoms with Gasteiger partial charge in [0.15, 0.2) is 0 Å². The lowest BCUT2D eigenvalue weighted by molar-refractivity contribution is 0.215. The van der Waals surface area contributed by atoms with Crippen molar-refractivity contribution >= 4 is 11.6 Å². The van der Waals surface area contributed by atoms with E-state index >= 15 is 0 Å². The fraction of sp³-hybridized carbons (Fsp3) is 0.769. The van der Waals surface area contributed by atoms with Crippen molar-refractivity contribution in [2.75, 3.05) is 6.61 Å². The zero-order valence-corrected chi connectivity index (χ0v) is 11.8. The van der Waals surface area contributed by atoms with E-state index in [4.69, 9.17) is 11.6 Å². The number of hydrogen-bond donors (Lipinski definition) is 1. The Morgan fingerprint density at radius 3 is 2.53 bits per heavy atom. The van der Waals surface area contributed by atoms with Gasteiger partial charge in [0.25, 0.3) is 0 Å². The van der Waals surface area contributed by atoms with E-state index in [-0.39, 0.29) is 6.61 Å². The van der Waals surface area contributed by atoms with E-state index in [1.54, 1.807) is 0 Å². The molecule has 1 atom stereocenters. The van der Waals surface area contributed by atoms with Crippen LogP contribution in [0.1, 0.15) is 45.0 Å². The van der Waals surface area contributed by atoms with Gasteiger partial charge in [-0.25, -0.2) is 0 Å². The van der Waals surface area contributed by atoms with Crippen LogP contribution in [-0.4, -0.2) is 21.5 Å². The van der Waals surface area contributed by atoms with Crippen LogP contribution in [0, 0.1) is 5.92 Å². The average molecular weight is 259 g/mol. The van der Waals surface area contributed by atoms with E-state index in [2.05, 4.69) is 25.9 Å². The molecular formula is C13H23ClN2O. The normalized spacial score (nSPS) is 13.0. The number of aryl methyl sites for hydroxylation is 2. The molecule has 0 saturated heterocycles. The van der Waals surface area contributed by atoms with Crippen molar-refractivity contribution in [2.24, 2.45) is 5.92 Å². The molecule has 1 aromatic heterocycles. The van der Waals surface area contributed by atoms with Crippen LogP contribution in [0.15, 0.2) is 0 Å². The quantitative estimate of drug-likeness (QED) is 0.816. The van der Waals surface area contributed by atoms with Gasteiger partial charge >= 0.3 is 0 Å². The van der Waals surface area contributed by atoms with Crippen molar-refractivity contribution in [3.63, 3.8) is 0 Å². The fourth-order valence-corrected chi connectivity index (χ4v) is 2.50.